The third-order valence-corrected chi connectivity index (χ3v) is 6.84. The van der Waals surface area contributed by atoms with Gasteiger partial charge in [0.2, 0.25) is 11.8 Å². The highest BCUT2D eigenvalue weighted by Crippen LogP contribution is 2.26. The number of carbonyl (C=O) groups is 2. The topological polar surface area (TPSA) is 49.4 Å². The normalized spacial score (nSPS) is 11.6. The molecule has 0 aliphatic carbocycles. The molecule has 2 amide bonds. The Morgan fingerprint density at radius 1 is 0.789 bits per heavy atom. The maximum absolute atomic E-state index is 13.8. The average Bonchev–Trinajstić information content (AvgIpc) is 2.91. The molecule has 0 radical (unpaired) electrons. The first kappa shape index (κ1) is 27.6. The molecule has 4 aromatic rings. The number of rotatable bonds is 9. The SMILES string of the molecule is O=C(NCc1ccc(Cl)cc1Cl)C(c1ccccc1)N(Cc1ccc(F)cc1)C(=O)Cc1ccc(Cl)cc1. The van der Waals surface area contributed by atoms with Crippen LogP contribution in [-0.2, 0) is 29.1 Å². The van der Waals surface area contributed by atoms with Crippen molar-refractivity contribution < 1.29 is 14.0 Å². The Morgan fingerprint density at radius 3 is 2.08 bits per heavy atom. The second-order valence-electron chi connectivity index (χ2n) is 8.72. The lowest BCUT2D eigenvalue weighted by Crippen LogP contribution is -2.43. The van der Waals surface area contributed by atoms with Crippen molar-refractivity contribution in [3.63, 3.8) is 0 Å². The zero-order chi connectivity index (χ0) is 27.1. The van der Waals surface area contributed by atoms with Crippen LogP contribution in [0.25, 0.3) is 0 Å². The summed E-state index contributed by atoms with van der Waals surface area (Å²) in [6.45, 7) is 0.245. The third kappa shape index (κ3) is 7.35. The molecule has 0 aliphatic rings. The van der Waals surface area contributed by atoms with E-state index >= 15 is 0 Å². The molecule has 1 unspecified atom stereocenters. The molecule has 4 nitrogen and oxygen atoms in total. The van der Waals surface area contributed by atoms with Crippen LogP contribution in [0.3, 0.4) is 0 Å². The van der Waals surface area contributed by atoms with E-state index in [4.69, 9.17) is 34.8 Å². The molecule has 38 heavy (non-hydrogen) atoms. The molecule has 0 heterocycles. The van der Waals surface area contributed by atoms with E-state index in [9.17, 15) is 14.0 Å². The Labute approximate surface area is 236 Å². The van der Waals surface area contributed by atoms with Gasteiger partial charge in [-0.2, -0.15) is 0 Å². The minimum Gasteiger partial charge on any atom is -0.350 e. The number of amides is 2. The van der Waals surface area contributed by atoms with Gasteiger partial charge in [0.1, 0.15) is 11.9 Å². The fourth-order valence-corrected chi connectivity index (χ4v) is 4.64. The summed E-state index contributed by atoms with van der Waals surface area (Å²) in [5.74, 6) is -1.04. The Balaban J connectivity index is 1.67. The van der Waals surface area contributed by atoms with Crippen LogP contribution >= 0.6 is 34.8 Å². The smallest absolute Gasteiger partial charge is 0.247 e. The standard InChI is InChI=1S/C30H24Cl3FN2O2/c31-24-11-6-20(7-12-24)16-28(37)36(19-21-8-14-26(34)15-9-21)29(22-4-2-1-3-5-22)30(38)35-18-23-10-13-25(32)17-27(23)33/h1-15,17,29H,16,18-19H2,(H,35,38). The van der Waals surface area contributed by atoms with Gasteiger partial charge in [0.25, 0.3) is 0 Å². The molecule has 194 valence electrons. The first-order valence-corrected chi connectivity index (χ1v) is 13.0. The highest BCUT2D eigenvalue weighted by Gasteiger charge is 2.31. The quantitative estimate of drug-likeness (QED) is 0.228. The molecule has 4 aromatic carbocycles. The van der Waals surface area contributed by atoms with Crippen molar-refractivity contribution in [2.45, 2.75) is 25.6 Å². The van der Waals surface area contributed by atoms with Gasteiger partial charge >= 0.3 is 0 Å². The van der Waals surface area contributed by atoms with E-state index in [0.29, 0.717) is 31.8 Å². The molecule has 1 atom stereocenters. The molecule has 8 heteroatoms. The van der Waals surface area contributed by atoms with Crippen molar-refractivity contribution >= 4 is 46.6 Å². The van der Waals surface area contributed by atoms with E-state index in [-0.39, 0.29) is 37.1 Å². The molecule has 4 rings (SSSR count). The number of nitrogens with one attached hydrogen (secondary N) is 1. The first-order valence-electron chi connectivity index (χ1n) is 11.8. The first-order chi connectivity index (χ1) is 18.3. The minimum atomic E-state index is -0.952. The number of carbonyl (C=O) groups excluding carboxylic acids is 2. The van der Waals surface area contributed by atoms with Crippen LogP contribution in [0, 0.1) is 5.82 Å². The van der Waals surface area contributed by atoms with Gasteiger partial charge in [-0.05, 0) is 58.7 Å². The van der Waals surface area contributed by atoms with Crippen molar-refractivity contribution in [2.75, 3.05) is 0 Å². The van der Waals surface area contributed by atoms with E-state index in [2.05, 4.69) is 5.32 Å². The largest absolute Gasteiger partial charge is 0.350 e. The maximum atomic E-state index is 13.8. The van der Waals surface area contributed by atoms with E-state index in [1.54, 1.807) is 66.7 Å². The van der Waals surface area contributed by atoms with Crippen LogP contribution in [0.4, 0.5) is 4.39 Å². The van der Waals surface area contributed by atoms with Crippen LogP contribution in [0.15, 0.2) is 97.1 Å². The van der Waals surface area contributed by atoms with Crippen molar-refractivity contribution in [1.82, 2.24) is 10.2 Å². The van der Waals surface area contributed by atoms with Gasteiger partial charge < -0.3 is 10.2 Å². The predicted molar refractivity (Wildman–Crippen MR) is 150 cm³/mol. The molecule has 0 aliphatic heterocycles. The molecular formula is C30H24Cl3FN2O2. The summed E-state index contributed by atoms with van der Waals surface area (Å²) >= 11 is 18.3. The predicted octanol–water partition coefficient (Wildman–Crippen LogP) is 7.41. The lowest BCUT2D eigenvalue weighted by Gasteiger charge is -2.32. The van der Waals surface area contributed by atoms with Crippen molar-refractivity contribution in [3.05, 3.63) is 140 Å². The second-order valence-corrected chi connectivity index (χ2v) is 10.00. The van der Waals surface area contributed by atoms with Gasteiger partial charge in [-0.3, -0.25) is 9.59 Å². The van der Waals surface area contributed by atoms with Crippen LogP contribution < -0.4 is 5.32 Å². The third-order valence-electron chi connectivity index (χ3n) is 6.00. The summed E-state index contributed by atoms with van der Waals surface area (Å²) in [5, 5.41) is 4.40. The van der Waals surface area contributed by atoms with Crippen molar-refractivity contribution in [1.29, 1.82) is 0 Å². The van der Waals surface area contributed by atoms with Crippen molar-refractivity contribution in [2.24, 2.45) is 0 Å². The maximum Gasteiger partial charge on any atom is 0.247 e. The fourth-order valence-electron chi connectivity index (χ4n) is 4.04. The monoisotopic (exact) mass is 568 g/mol. The Hall–Kier alpha value is -3.38. The molecule has 0 fully saturated rings. The van der Waals surface area contributed by atoms with Crippen LogP contribution in [0.1, 0.15) is 28.3 Å². The van der Waals surface area contributed by atoms with E-state index in [1.807, 2.05) is 18.2 Å². The summed E-state index contributed by atoms with van der Waals surface area (Å²) in [6, 6.07) is 26.0. The summed E-state index contributed by atoms with van der Waals surface area (Å²) in [7, 11) is 0. The summed E-state index contributed by atoms with van der Waals surface area (Å²) in [5.41, 5.74) is 2.77. The Bertz CT molecular complexity index is 1400. The molecule has 0 bridgehead atoms. The summed E-state index contributed by atoms with van der Waals surface area (Å²) in [4.78, 5) is 29.0. The molecular weight excluding hydrogens is 546 g/mol. The summed E-state index contributed by atoms with van der Waals surface area (Å²) in [6.07, 6.45) is 0.0536. The van der Waals surface area contributed by atoms with Crippen molar-refractivity contribution in [3.8, 4) is 0 Å². The Kier molecular flexibility index (Phi) is 9.40. The van der Waals surface area contributed by atoms with Gasteiger partial charge in [-0.25, -0.2) is 4.39 Å². The lowest BCUT2D eigenvalue weighted by atomic mass is 10.0. The van der Waals surface area contributed by atoms with E-state index in [1.165, 1.54) is 17.0 Å². The molecule has 1 N–H and O–H groups in total. The van der Waals surface area contributed by atoms with Gasteiger partial charge in [0.05, 0.1) is 6.42 Å². The van der Waals surface area contributed by atoms with Crippen LogP contribution in [0.2, 0.25) is 15.1 Å². The van der Waals surface area contributed by atoms with E-state index in [0.717, 1.165) is 5.56 Å². The number of nitrogens with zero attached hydrogens (tertiary/aromatic N) is 1. The van der Waals surface area contributed by atoms with Crippen LogP contribution in [-0.4, -0.2) is 16.7 Å². The van der Waals surface area contributed by atoms with E-state index < -0.39 is 6.04 Å². The highest BCUT2D eigenvalue weighted by atomic mass is 35.5. The average molecular weight is 570 g/mol. The number of benzene rings is 4. The molecule has 0 saturated heterocycles. The fraction of sp³-hybridized carbons (Fsp3) is 0.133. The zero-order valence-corrected chi connectivity index (χ0v) is 22.5. The zero-order valence-electron chi connectivity index (χ0n) is 20.2. The second kappa shape index (κ2) is 12.9. The number of hydrogen-bond donors (Lipinski definition) is 1. The van der Waals surface area contributed by atoms with Gasteiger partial charge in [0.15, 0.2) is 0 Å². The number of hydrogen-bond acceptors (Lipinski definition) is 2. The number of halogens is 4. The molecule has 0 saturated carbocycles. The van der Waals surface area contributed by atoms with Crippen LogP contribution in [0.5, 0.6) is 0 Å². The highest BCUT2D eigenvalue weighted by molar-refractivity contribution is 6.35. The van der Waals surface area contributed by atoms with Gasteiger partial charge in [-0.15, -0.1) is 0 Å². The molecule has 0 spiro atoms. The summed E-state index contributed by atoms with van der Waals surface area (Å²) < 4.78 is 13.6. The molecule has 0 aromatic heterocycles. The Morgan fingerprint density at radius 2 is 1.42 bits per heavy atom. The van der Waals surface area contributed by atoms with Gasteiger partial charge in [0, 0.05) is 28.2 Å². The lowest BCUT2D eigenvalue weighted by molar-refractivity contribution is -0.141. The van der Waals surface area contributed by atoms with Gasteiger partial charge in [-0.1, -0.05) is 95.5 Å². The minimum absolute atomic E-state index is 0.0536.